The van der Waals surface area contributed by atoms with Gasteiger partial charge in [0.25, 0.3) is 11.8 Å². The summed E-state index contributed by atoms with van der Waals surface area (Å²) in [6, 6.07) is 11.4. The Bertz CT molecular complexity index is 847. The first kappa shape index (κ1) is 20.5. The van der Waals surface area contributed by atoms with Crippen LogP contribution < -0.4 is 25.1 Å². The van der Waals surface area contributed by atoms with Crippen molar-refractivity contribution in [1.82, 2.24) is 10.9 Å². The van der Waals surface area contributed by atoms with Gasteiger partial charge in [-0.3, -0.25) is 20.4 Å². The molecule has 1 unspecified atom stereocenters. The van der Waals surface area contributed by atoms with Crippen LogP contribution in [-0.2, 0) is 4.74 Å². The fourth-order valence-corrected chi connectivity index (χ4v) is 2.90. The van der Waals surface area contributed by atoms with E-state index in [-0.39, 0.29) is 6.10 Å². The van der Waals surface area contributed by atoms with Gasteiger partial charge in [-0.15, -0.1) is 0 Å². The lowest BCUT2D eigenvalue weighted by molar-refractivity contribution is 0.0679. The van der Waals surface area contributed by atoms with Crippen molar-refractivity contribution in [3.05, 3.63) is 53.6 Å². The molecule has 0 saturated carbocycles. The van der Waals surface area contributed by atoms with E-state index in [0.29, 0.717) is 35.0 Å². The first-order chi connectivity index (χ1) is 14.1. The van der Waals surface area contributed by atoms with E-state index in [1.165, 1.54) is 20.3 Å². The maximum Gasteiger partial charge on any atom is 0.269 e. The van der Waals surface area contributed by atoms with E-state index < -0.39 is 11.8 Å². The molecule has 1 atom stereocenters. The lowest BCUT2D eigenvalue weighted by atomic mass is 10.2. The average Bonchev–Trinajstić information content (AvgIpc) is 3.29. The Hall–Kier alpha value is -3.26. The van der Waals surface area contributed by atoms with Gasteiger partial charge in [-0.2, -0.15) is 0 Å². The van der Waals surface area contributed by atoms with Crippen molar-refractivity contribution >= 4 is 11.8 Å². The first-order valence-corrected chi connectivity index (χ1v) is 9.28. The fourth-order valence-electron chi connectivity index (χ4n) is 2.90. The lowest BCUT2D eigenvalue weighted by Gasteiger charge is -2.12. The molecule has 2 amide bonds. The van der Waals surface area contributed by atoms with Crippen LogP contribution in [0.3, 0.4) is 0 Å². The molecule has 29 heavy (non-hydrogen) atoms. The first-order valence-electron chi connectivity index (χ1n) is 9.28. The van der Waals surface area contributed by atoms with Crippen LogP contribution in [0.2, 0.25) is 0 Å². The van der Waals surface area contributed by atoms with Gasteiger partial charge in [0.05, 0.1) is 20.3 Å². The summed E-state index contributed by atoms with van der Waals surface area (Å²) in [6.07, 6.45) is 2.19. The Labute approximate surface area is 169 Å². The topological polar surface area (TPSA) is 95.1 Å². The highest BCUT2D eigenvalue weighted by atomic mass is 16.5. The van der Waals surface area contributed by atoms with E-state index in [1.54, 1.807) is 36.4 Å². The second-order valence-corrected chi connectivity index (χ2v) is 6.45. The number of carbonyl (C=O) groups excluding carboxylic acids is 2. The maximum atomic E-state index is 12.3. The summed E-state index contributed by atoms with van der Waals surface area (Å²) in [5, 5.41) is 0. The van der Waals surface area contributed by atoms with Crippen molar-refractivity contribution in [2.24, 2.45) is 0 Å². The van der Waals surface area contributed by atoms with Crippen LogP contribution in [0.1, 0.15) is 33.6 Å². The van der Waals surface area contributed by atoms with Gasteiger partial charge in [0.2, 0.25) is 0 Å². The molecule has 8 nitrogen and oxygen atoms in total. The molecule has 1 aliphatic rings. The number of nitrogens with one attached hydrogen (secondary N) is 2. The molecular weight excluding hydrogens is 376 g/mol. The molecule has 2 aromatic rings. The van der Waals surface area contributed by atoms with E-state index in [4.69, 9.17) is 18.9 Å². The highest BCUT2D eigenvalue weighted by molar-refractivity contribution is 5.99. The molecule has 1 aliphatic heterocycles. The van der Waals surface area contributed by atoms with E-state index in [1.807, 2.05) is 0 Å². The molecule has 0 aliphatic carbocycles. The van der Waals surface area contributed by atoms with E-state index in [9.17, 15) is 9.59 Å². The zero-order chi connectivity index (χ0) is 20.6. The minimum absolute atomic E-state index is 0.129. The van der Waals surface area contributed by atoms with Crippen molar-refractivity contribution < 1.29 is 28.5 Å². The van der Waals surface area contributed by atoms with Gasteiger partial charge in [0.1, 0.15) is 12.4 Å². The molecule has 3 rings (SSSR count). The standard InChI is InChI=1S/C21H24N2O6/c1-26-18-10-7-15(12-19(18)27-2)21(25)23-22-20(24)14-5-8-16(9-6-14)29-13-17-4-3-11-28-17/h5-10,12,17H,3-4,11,13H2,1-2H3,(H,22,24)(H,23,25). The van der Waals surface area contributed by atoms with Gasteiger partial charge >= 0.3 is 0 Å². The monoisotopic (exact) mass is 400 g/mol. The smallest absolute Gasteiger partial charge is 0.269 e. The van der Waals surface area contributed by atoms with Gasteiger partial charge < -0.3 is 18.9 Å². The quantitative estimate of drug-likeness (QED) is 0.693. The predicted molar refractivity (Wildman–Crippen MR) is 105 cm³/mol. The molecule has 1 heterocycles. The summed E-state index contributed by atoms with van der Waals surface area (Å²) in [7, 11) is 2.99. The summed E-state index contributed by atoms with van der Waals surface area (Å²) < 4.78 is 21.5. The molecular formula is C21H24N2O6. The van der Waals surface area contributed by atoms with Gasteiger partial charge in [-0.1, -0.05) is 0 Å². The second-order valence-electron chi connectivity index (χ2n) is 6.45. The molecule has 8 heteroatoms. The van der Waals surface area contributed by atoms with Crippen molar-refractivity contribution in [2.75, 3.05) is 27.4 Å². The second kappa shape index (κ2) is 9.79. The zero-order valence-corrected chi connectivity index (χ0v) is 16.4. The van der Waals surface area contributed by atoms with E-state index in [0.717, 1.165) is 19.4 Å². The number of hydrogen-bond acceptors (Lipinski definition) is 6. The summed E-state index contributed by atoms with van der Waals surface area (Å²) in [5.41, 5.74) is 5.48. The molecule has 0 spiro atoms. The molecule has 1 fully saturated rings. The SMILES string of the molecule is COc1ccc(C(=O)NNC(=O)c2ccc(OCC3CCCO3)cc2)cc1OC. The van der Waals surface area contributed by atoms with Crippen LogP contribution in [0.15, 0.2) is 42.5 Å². The highest BCUT2D eigenvalue weighted by Gasteiger charge is 2.16. The van der Waals surface area contributed by atoms with Crippen molar-refractivity contribution in [3.8, 4) is 17.2 Å². The summed E-state index contributed by atoms with van der Waals surface area (Å²) in [4.78, 5) is 24.5. The number of hydrogen-bond donors (Lipinski definition) is 2. The summed E-state index contributed by atoms with van der Waals surface area (Å²) in [5.74, 6) is 0.673. The number of amides is 2. The van der Waals surface area contributed by atoms with Gasteiger partial charge in [-0.05, 0) is 55.3 Å². The van der Waals surface area contributed by atoms with Crippen molar-refractivity contribution in [2.45, 2.75) is 18.9 Å². The summed E-state index contributed by atoms with van der Waals surface area (Å²) in [6.45, 7) is 1.27. The zero-order valence-electron chi connectivity index (χ0n) is 16.4. The third-order valence-electron chi connectivity index (χ3n) is 4.51. The molecule has 0 aromatic heterocycles. The molecule has 2 N–H and O–H groups in total. The number of methoxy groups -OCH3 is 2. The van der Waals surface area contributed by atoms with Crippen LogP contribution in [0.4, 0.5) is 0 Å². The average molecular weight is 400 g/mol. The van der Waals surface area contributed by atoms with Gasteiger partial charge in [0, 0.05) is 17.7 Å². The van der Waals surface area contributed by atoms with E-state index in [2.05, 4.69) is 10.9 Å². The van der Waals surface area contributed by atoms with Crippen molar-refractivity contribution in [1.29, 1.82) is 0 Å². The number of rotatable bonds is 7. The third kappa shape index (κ3) is 5.39. The minimum Gasteiger partial charge on any atom is -0.493 e. The lowest BCUT2D eigenvalue weighted by Crippen LogP contribution is -2.41. The molecule has 1 saturated heterocycles. The largest absolute Gasteiger partial charge is 0.493 e. The predicted octanol–water partition coefficient (Wildman–Crippen LogP) is 2.34. The van der Waals surface area contributed by atoms with Crippen LogP contribution in [0, 0.1) is 0 Å². The van der Waals surface area contributed by atoms with Crippen molar-refractivity contribution in [3.63, 3.8) is 0 Å². The number of carbonyl (C=O) groups is 2. The Morgan fingerprint density at radius 1 is 0.966 bits per heavy atom. The van der Waals surface area contributed by atoms with Crippen LogP contribution in [-0.4, -0.2) is 45.4 Å². The molecule has 154 valence electrons. The highest BCUT2D eigenvalue weighted by Crippen LogP contribution is 2.27. The van der Waals surface area contributed by atoms with Crippen LogP contribution in [0.5, 0.6) is 17.2 Å². The number of benzene rings is 2. The number of ether oxygens (including phenoxy) is 4. The van der Waals surface area contributed by atoms with E-state index >= 15 is 0 Å². The Morgan fingerprint density at radius 3 is 2.24 bits per heavy atom. The fraction of sp³-hybridized carbons (Fsp3) is 0.333. The molecule has 0 bridgehead atoms. The van der Waals surface area contributed by atoms with Gasteiger partial charge in [-0.25, -0.2) is 0 Å². The van der Waals surface area contributed by atoms with Crippen LogP contribution in [0.25, 0.3) is 0 Å². The summed E-state index contributed by atoms with van der Waals surface area (Å²) >= 11 is 0. The molecule has 2 aromatic carbocycles. The maximum absolute atomic E-state index is 12.3. The Morgan fingerprint density at radius 2 is 1.62 bits per heavy atom. The van der Waals surface area contributed by atoms with Crippen LogP contribution >= 0.6 is 0 Å². The van der Waals surface area contributed by atoms with Gasteiger partial charge in [0.15, 0.2) is 11.5 Å². The third-order valence-corrected chi connectivity index (χ3v) is 4.51. The Kier molecular flexibility index (Phi) is 6.91. The Balaban J connectivity index is 1.51. The normalized spacial score (nSPS) is 15.4. The number of hydrazine groups is 1. The minimum atomic E-state index is -0.476. The molecule has 0 radical (unpaired) electrons.